The summed E-state index contributed by atoms with van der Waals surface area (Å²) >= 11 is 0. The van der Waals surface area contributed by atoms with Gasteiger partial charge in [-0.15, -0.1) is 0 Å². The molecule has 138 valence electrons. The van der Waals surface area contributed by atoms with Gasteiger partial charge in [-0.05, 0) is 29.8 Å². The van der Waals surface area contributed by atoms with Crippen molar-refractivity contribution in [1.82, 2.24) is 19.8 Å². The third-order valence-electron chi connectivity index (χ3n) is 5.02. The van der Waals surface area contributed by atoms with Crippen molar-refractivity contribution in [1.29, 1.82) is 0 Å². The lowest BCUT2D eigenvalue weighted by molar-refractivity contribution is -0.143. The van der Waals surface area contributed by atoms with Gasteiger partial charge in [-0.25, -0.2) is 0 Å². The molecule has 0 bridgehead atoms. The summed E-state index contributed by atoms with van der Waals surface area (Å²) in [6.07, 6.45) is 5.56. The average Bonchev–Trinajstić information content (AvgIpc) is 2.85. The Labute approximate surface area is 154 Å². The van der Waals surface area contributed by atoms with Crippen LogP contribution in [0.15, 0.2) is 48.9 Å². The molecule has 2 aromatic rings. The lowest BCUT2D eigenvalue weighted by Crippen LogP contribution is -2.58. The van der Waals surface area contributed by atoms with Gasteiger partial charge in [-0.2, -0.15) is 0 Å². The van der Waals surface area contributed by atoms with E-state index in [4.69, 9.17) is 9.47 Å². The maximum atomic E-state index is 6.28. The van der Waals surface area contributed by atoms with Gasteiger partial charge in [0, 0.05) is 57.9 Å². The topological polar surface area (TPSA) is 50.7 Å². The molecular weight excluding hydrogens is 328 g/mol. The standard InChI is InChI=1S/C20H26N4O2/c1-2-6-22-19(3-1)14-24-10-12-26-20(16-24)15-23(9-11-25-17-20)13-18-4-7-21-8-5-18/h1-8H,9-17H2/t20-/m1/s1. The van der Waals surface area contributed by atoms with E-state index in [2.05, 4.69) is 38.0 Å². The molecule has 1 atom stereocenters. The zero-order chi connectivity index (χ0) is 17.7. The normalized spacial score (nSPS) is 25.2. The van der Waals surface area contributed by atoms with Crippen LogP contribution in [0.2, 0.25) is 0 Å². The molecule has 0 unspecified atom stereocenters. The van der Waals surface area contributed by atoms with E-state index in [1.54, 1.807) is 0 Å². The predicted octanol–water partition coefficient (Wildman–Crippen LogP) is 1.58. The number of hydrogen-bond donors (Lipinski definition) is 0. The van der Waals surface area contributed by atoms with Crippen LogP contribution >= 0.6 is 0 Å². The van der Waals surface area contributed by atoms with Gasteiger partial charge >= 0.3 is 0 Å². The van der Waals surface area contributed by atoms with Crippen LogP contribution in [-0.2, 0) is 22.6 Å². The molecule has 2 aliphatic heterocycles. The van der Waals surface area contributed by atoms with Gasteiger partial charge in [0.05, 0.1) is 25.5 Å². The van der Waals surface area contributed by atoms with Crippen molar-refractivity contribution >= 4 is 0 Å². The molecular formula is C20H26N4O2. The van der Waals surface area contributed by atoms with Crippen molar-refractivity contribution in [3.8, 4) is 0 Å². The van der Waals surface area contributed by atoms with Gasteiger partial charge in [0.25, 0.3) is 0 Å². The number of morpholine rings is 1. The van der Waals surface area contributed by atoms with Crippen LogP contribution in [0.3, 0.4) is 0 Å². The van der Waals surface area contributed by atoms with Crippen LogP contribution in [0.1, 0.15) is 11.3 Å². The molecule has 4 rings (SSSR count). The van der Waals surface area contributed by atoms with Crippen molar-refractivity contribution in [2.75, 3.05) is 46.0 Å². The van der Waals surface area contributed by atoms with Crippen LogP contribution in [-0.4, -0.2) is 71.4 Å². The van der Waals surface area contributed by atoms with Gasteiger partial charge in [0.1, 0.15) is 5.60 Å². The van der Waals surface area contributed by atoms with Crippen LogP contribution in [0.25, 0.3) is 0 Å². The van der Waals surface area contributed by atoms with E-state index >= 15 is 0 Å². The van der Waals surface area contributed by atoms with Crippen LogP contribution in [0.5, 0.6) is 0 Å². The van der Waals surface area contributed by atoms with Crippen LogP contribution < -0.4 is 0 Å². The fraction of sp³-hybridized carbons (Fsp3) is 0.500. The summed E-state index contributed by atoms with van der Waals surface area (Å²) in [7, 11) is 0. The highest BCUT2D eigenvalue weighted by atomic mass is 16.5. The Balaban J connectivity index is 1.43. The summed E-state index contributed by atoms with van der Waals surface area (Å²) in [6, 6.07) is 10.2. The SMILES string of the molecule is c1ccc(CN2CCO[C@@]3(COCCN(Cc4ccncc4)C3)C2)nc1. The first-order chi connectivity index (χ1) is 12.8. The zero-order valence-corrected chi connectivity index (χ0v) is 15.1. The molecule has 0 saturated carbocycles. The molecule has 0 aromatic carbocycles. The Morgan fingerprint density at radius 2 is 1.73 bits per heavy atom. The summed E-state index contributed by atoms with van der Waals surface area (Å²) in [4.78, 5) is 13.4. The Hall–Kier alpha value is -1.86. The fourth-order valence-electron chi connectivity index (χ4n) is 3.83. The second-order valence-corrected chi connectivity index (χ2v) is 7.18. The second kappa shape index (κ2) is 8.22. The minimum absolute atomic E-state index is 0.267. The number of hydrogen-bond acceptors (Lipinski definition) is 6. The predicted molar refractivity (Wildman–Crippen MR) is 98.5 cm³/mol. The van der Waals surface area contributed by atoms with E-state index in [0.29, 0.717) is 6.61 Å². The minimum Gasteiger partial charge on any atom is -0.377 e. The fourth-order valence-corrected chi connectivity index (χ4v) is 3.83. The second-order valence-electron chi connectivity index (χ2n) is 7.18. The molecule has 2 fully saturated rings. The van der Waals surface area contributed by atoms with Crippen molar-refractivity contribution in [2.24, 2.45) is 0 Å². The van der Waals surface area contributed by atoms with Crippen LogP contribution in [0, 0.1) is 0 Å². The minimum atomic E-state index is -0.267. The third kappa shape index (κ3) is 4.45. The highest BCUT2D eigenvalue weighted by Crippen LogP contribution is 2.24. The summed E-state index contributed by atoms with van der Waals surface area (Å²) in [5.74, 6) is 0. The molecule has 0 amide bonds. The number of rotatable bonds is 4. The van der Waals surface area contributed by atoms with Gasteiger partial charge < -0.3 is 9.47 Å². The number of pyridine rings is 2. The van der Waals surface area contributed by atoms with Crippen molar-refractivity contribution in [3.05, 3.63) is 60.2 Å². The van der Waals surface area contributed by atoms with Crippen molar-refractivity contribution < 1.29 is 9.47 Å². The molecule has 1 spiro atoms. The molecule has 26 heavy (non-hydrogen) atoms. The van der Waals surface area contributed by atoms with Crippen molar-refractivity contribution in [3.63, 3.8) is 0 Å². The van der Waals surface area contributed by atoms with Crippen LogP contribution in [0.4, 0.5) is 0 Å². The summed E-state index contributed by atoms with van der Waals surface area (Å²) in [6.45, 7) is 7.50. The summed E-state index contributed by atoms with van der Waals surface area (Å²) in [5, 5.41) is 0. The highest BCUT2D eigenvalue weighted by molar-refractivity contribution is 5.10. The smallest absolute Gasteiger partial charge is 0.117 e. The Morgan fingerprint density at radius 1 is 0.923 bits per heavy atom. The number of aromatic nitrogens is 2. The van der Waals surface area contributed by atoms with Gasteiger partial charge in [-0.3, -0.25) is 19.8 Å². The molecule has 0 N–H and O–H groups in total. The molecule has 4 heterocycles. The lowest BCUT2D eigenvalue weighted by Gasteiger charge is -2.43. The molecule has 0 radical (unpaired) electrons. The first-order valence-corrected chi connectivity index (χ1v) is 9.27. The molecule has 2 aromatic heterocycles. The number of nitrogens with zero attached hydrogens (tertiary/aromatic N) is 4. The maximum absolute atomic E-state index is 6.28. The molecule has 6 nitrogen and oxygen atoms in total. The molecule has 0 aliphatic carbocycles. The zero-order valence-electron chi connectivity index (χ0n) is 15.1. The molecule has 2 aliphatic rings. The van der Waals surface area contributed by atoms with Gasteiger partial charge in [0.15, 0.2) is 0 Å². The first-order valence-electron chi connectivity index (χ1n) is 9.27. The monoisotopic (exact) mass is 354 g/mol. The van der Waals surface area contributed by atoms with Gasteiger partial charge in [-0.1, -0.05) is 6.07 Å². The molecule has 2 saturated heterocycles. The quantitative estimate of drug-likeness (QED) is 0.831. The van der Waals surface area contributed by atoms with E-state index in [1.165, 1.54) is 5.56 Å². The largest absolute Gasteiger partial charge is 0.377 e. The first kappa shape index (κ1) is 17.5. The van der Waals surface area contributed by atoms with E-state index < -0.39 is 0 Å². The lowest BCUT2D eigenvalue weighted by atomic mass is 10.0. The molecule has 6 heteroatoms. The van der Waals surface area contributed by atoms with Crippen molar-refractivity contribution in [2.45, 2.75) is 18.7 Å². The van der Waals surface area contributed by atoms with E-state index in [-0.39, 0.29) is 5.60 Å². The van der Waals surface area contributed by atoms with E-state index in [0.717, 1.165) is 58.2 Å². The highest BCUT2D eigenvalue weighted by Gasteiger charge is 2.40. The number of ether oxygens (including phenoxy) is 2. The third-order valence-corrected chi connectivity index (χ3v) is 5.02. The maximum Gasteiger partial charge on any atom is 0.117 e. The Kier molecular flexibility index (Phi) is 5.55. The Bertz CT molecular complexity index is 685. The van der Waals surface area contributed by atoms with E-state index in [1.807, 2.05) is 30.7 Å². The average molecular weight is 354 g/mol. The Morgan fingerprint density at radius 3 is 2.54 bits per heavy atom. The van der Waals surface area contributed by atoms with E-state index in [9.17, 15) is 0 Å². The summed E-state index contributed by atoms with van der Waals surface area (Å²) < 4.78 is 12.2. The summed E-state index contributed by atoms with van der Waals surface area (Å²) in [5.41, 5.74) is 2.11. The van der Waals surface area contributed by atoms with Gasteiger partial charge in [0.2, 0.25) is 0 Å².